The lowest BCUT2D eigenvalue weighted by atomic mass is 10.2. The molecule has 0 radical (unpaired) electrons. The average Bonchev–Trinajstić information content (AvgIpc) is 3.15. The van der Waals surface area contributed by atoms with Gasteiger partial charge in [0.25, 0.3) is 0 Å². The molecule has 0 atom stereocenters. The van der Waals surface area contributed by atoms with Crippen molar-refractivity contribution in [1.29, 1.82) is 0 Å². The van der Waals surface area contributed by atoms with Gasteiger partial charge in [0.1, 0.15) is 11.6 Å². The number of amides is 1. The molecule has 0 saturated carbocycles. The molecule has 2 heterocycles. The van der Waals surface area contributed by atoms with E-state index in [0.29, 0.717) is 18.7 Å². The smallest absolute Gasteiger partial charge is 0.409 e. The molecule has 2 aromatic heterocycles. The van der Waals surface area contributed by atoms with Crippen molar-refractivity contribution in [2.75, 3.05) is 5.32 Å². The number of benzene rings is 2. The van der Waals surface area contributed by atoms with Crippen LogP contribution in [0.3, 0.4) is 0 Å². The molecule has 4 aromatic rings. The van der Waals surface area contributed by atoms with E-state index in [1.165, 1.54) is 0 Å². The number of nitrogens with one attached hydrogen (secondary N) is 3. The largest absolute Gasteiger partial charge is 0.465 e. The molecule has 0 aliphatic carbocycles. The monoisotopic (exact) mass is 336 g/mol. The Morgan fingerprint density at radius 3 is 2.32 bits per heavy atom. The maximum absolute atomic E-state index is 10.7. The molecule has 0 bridgehead atoms. The van der Waals surface area contributed by atoms with Crippen LogP contribution in [0.4, 0.5) is 10.5 Å². The first-order chi connectivity index (χ1) is 12.1. The highest BCUT2D eigenvalue weighted by molar-refractivity contribution is 5.87. The van der Waals surface area contributed by atoms with Gasteiger partial charge in [-0.25, -0.2) is 14.8 Å². The Balaban J connectivity index is 1.62. The zero-order chi connectivity index (χ0) is 17.4. The van der Waals surface area contributed by atoms with Gasteiger partial charge in [-0.1, -0.05) is 6.07 Å². The van der Waals surface area contributed by atoms with E-state index in [9.17, 15) is 4.79 Å². The Bertz CT molecular complexity index is 1080. The summed E-state index contributed by atoms with van der Waals surface area (Å²) in [6, 6.07) is 11.1. The van der Waals surface area contributed by atoms with Gasteiger partial charge in [0.2, 0.25) is 0 Å². The number of nitrogens with zero attached hydrogens (tertiary/aromatic N) is 2. The van der Waals surface area contributed by atoms with Crippen LogP contribution in [0, 0.1) is 0 Å². The predicted molar refractivity (Wildman–Crippen MR) is 94.5 cm³/mol. The number of rotatable bonds is 4. The van der Waals surface area contributed by atoms with Crippen LogP contribution in [-0.2, 0) is 13.0 Å². The molecule has 25 heavy (non-hydrogen) atoms. The van der Waals surface area contributed by atoms with Gasteiger partial charge < -0.3 is 20.8 Å². The van der Waals surface area contributed by atoms with Crippen molar-refractivity contribution in [3.05, 3.63) is 53.6 Å². The van der Waals surface area contributed by atoms with Crippen LogP contribution >= 0.6 is 0 Å². The third kappa shape index (κ3) is 3.02. The fourth-order valence-electron chi connectivity index (χ4n) is 2.83. The minimum Gasteiger partial charge on any atom is -0.465 e. The topological polar surface area (TPSA) is 133 Å². The van der Waals surface area contributed by atoms with E-state index in [4.69, 9.17) is 10.8 Å². The van der Waals surface area contributed by atoms with Gasteiger partial charge in [-0.2, -0.15) is 0 Å². The Morgan fingerprint density at radius 2 is 1.68 bits per heavy atom. The number of fused-ring (bicyclic) bond motifs is 2. The maximum atomic E-state index is 10.7. The molecule has 4 rings (SSSR count). The third-order valence-electron chi connectivity index (χ3n) is 3.95. The van der Waals surface area contributed by atoms with Crippen molar-refractivity contribution < 1.29 is 9.90 Å². The molecule has 0 fully saturated rings. The van der Waals surface area contributed by atoms with E-state index >= 15 is 0 Å². The lowest BCUT2D eigenvalue weighted by Crippen LogP contribution is -2.06. The number of hydrogen-bond acceptors (Lipinski definition) is 4. The summed E-state index contributed by atoms with van der Waals surface area (Å²) in [4.78, 5) is 26.3. The van der Waals surface area contributed by atoms with Crippen LogP contribution in [0.5, 0.6) is 0 Å². The second-order valence-electron chi connectivity index (χ2n) is 5.76. The number of nitrogens with two attached hydrogens (primary N) is 1. The van der Waals surface area contributed by atoms with Crippen molar-refractivity contribution in [2.45, 2.75) is 13.0 Å². The highest BCUT2D eigenvalue weighted by Gasteiger charge is 2.09. The van der Waals surface area contributed by atoms with E-state index in [2.05, 4.69) is 25.3 Å². The summed E-state index contributed by atoms with van der Waals surface area (Å²) in [5, 5.41) is 11.1. The Hall–Kier alpha value is -3.39. The normalized spacial score (nSPS) is 11.2. The van der Waals surface area contributed by atoms with E-state index in [-0.39, 0.29) is 0 Å². The Morgan fingerprint density at radius 1 is 1.04 bits per heavy atom. The van der Waals surface area contributed by atoms with E-state index in [0.717, 1.165) is 39.3 Å². The number of carbonyl (C=O) groups is 1. The van der Waals surface area contributed by atoms with E-state index in [1.54, 1.807) is 18.2 Å². The number of hydrogen-bond donors (Lipinski definition) is 5. The van der Waals surface area contributed by atoms with Gasteiger partial charge in [0.15, 0.2) is 0 Å². The quantitative estimate of drug-likeness (QED) is 0.391. The molecule has 8 nitrogen and oxygen atoms in total. The standard InChI is InChI=1S/C17H16N6O2/c18-8-9-1-3-11-13(5-9)22-15(20-11)7-16-21-12-4-2-10(19-17(24)25)6-14(12)23-16/h1-6,19H,7-8,18H2,(H,20,22)(H,21,23)(H,24,25). The van der Waals surface area contributed by atoms with Crippen LogP contribution < -0.4 is 11.1 Å². The van der Waals surface area contributed by atoms with Crippen LogP contribution in [0.25, 0.3) is 22.1 Å². The average molecular weight is 336 g/mol. The zero-order valence-corrected chi connectivity index (χ0v) is 13.2. The highest BCUT2D eigenvalue weighted by atomic mass is 16.4. The van der Waals surface area contributed by atoms with Crippen molar-refractivity contribution in [3.8, 4) is 0 Å². The molecule has 1 amide bonds. The number of carboxylic acid groups (broad SMARTS) is 1. The molecule has 2 aromatic carbocycles. The van der Waals surface area contributed by atoms with E-state index < -0.39 is 6.09 Å². The molecule has 0 spiro atoms. The summed E-state index contributed by atoms with van der Waals surface area (Å²) in [5.41, 5.74) is 10.6. The van der Waals surface area contributed by atoms with Gasteiger partial charge in [-0.15, -0.1) is 0 Å². The second kappa shape index (κ2) is 5.91. The predicted octanol–water partition coefficient (Wildman–Crippen LogP) is 2.58. The Kier molecular flexibility index (Phi) is 3.58. The number of aromatic amines is 2. The molecular weight excluding hydrogens is 320 g/mol. The lowest BCUT2D eigenvalue weighted by molar-refractivity contribution is 0.210. The van der Waals surface area contributed by atoms with Gasteiger partial charge in [-0.05, 0) is 35.9 Å². The first-order valence-electron chi connectivity index (χ1n) is 7.77. The molecule has 8 heteroatoms. The number of imidazole rings is 2. The molecule has 0 unspecified atom stereocenters. The first-order valence-corrected chi connectivity index (χ1v) is 7.77. The summed E-state index contributed by atoms with van der Waals surface area (Å²) in [5.74, 6) is 1.55. The minimum atomic E-state index is -1.10. The summed E-state index contributed by atoms with van der Waals surface area (Å²) in [6.45, 7) is 0.487. The number of aromatic nitrogens is 4. The molecular formula is C17H16N6O2. The minimum absolute atomic E-state index is 0.487. The zero-order valence-electron chi connectivity index (χ0n) is 13.2. The summed E-state index contributed by atoms with van der Waals surface area (Å²) < 4.78 is 0. The number of H-pyrrole nitrogens is 2. The Labute approximate surface area is 142 Å². The highest BCUT2D eigenvalue weighted by Crippen LogP contribution is 2.19. The van der Waals surface area contributed by atoms with Gasteiger partial charge in [0.05, 0.1) is 28.5 Å². The molecule has 126 valence electrons. The lowest BCUT2D eigenvalue weighted by Gasteiger charge is -1.98. The summed E-state index contributed by atoms with van der Waals surface area (Å²) in [6.07, 6.45) is -0.582. The van der Waals surface area contributed by atoms with Crippen LogP contribution in [0.15, 0.2) is 36.4 Å². The summed E-state index contributed by atoms with van der Waals surface area (Å²) in [7, 11) is 0. The van der Waals surface area contributed by atoms with Gasteiger partial charge in [-0.3, -0.25) is 5.32 Å². The number of anilines is 1. The molecule has 0 aliphatic rings. The molecule has 0 aliphatic heterocycles. The van der Waals surface area contributed by atoms with Crippen LogP contribution in [0.2, 0.25) is 0 Å². The third-order valence-corrected chi connectivity index (χ3v) is 3.95. The van der Waals surface area contributed by atoms with Gasteiger partial charge >= 0.3 is 6.09 Å². The fourth-order valence-corrected chi connectivity index (χ4v) is 2.83. The van der Waals surface area contributed by atoms with E-state index in [1.807, 2.05) is 18.2 Å². The van der Waals surface area contributed by atoms with Crippen LogP contribution in [0.1, 0.15) is 17.2 Å². The summed E-state index contributed by atoms with van der Waals surface area (Å²) >= 11 is 0. The molecule has 6 N–H and O–H groups in total. The fraction of sp³-hybridized carbons (Fsp3) is 0.118. The van der Waals surface area contributed by atoms with Crippen molar-refractivity contribution in [1.82, 2.24) is 19.9 Å². The molecule has 0 saturated heterocycles. The van der Waals surface area contributed by atoms with Crippen molar-refractivity contribution in [2.24, 2.45) is 5.73 Å². The van der Waals surface area contributed by atoms with Crippen molar-refractivity contribution in [3.63, 3.8) is 0 Å². The van der Waals surface area contributed by atoms with Crippen molar-refractivity contribution >= 4 is 33.8 Å². The van der Waals surface area contributed by atoms with Crippen LogP contribution in [-0.4, -0.2) is 31.1 Å². The van der Waals surface area contributed by atoms with Gasteiger partial charge in [0, 0.05) is 12.2 Å². The SMILES string of the molecule is NCc1ccc2nc(Cc3nc4ccc(NC(=O)O)cc4[nH]3)[nH]c2c1. The second-order valence-corrected chi connectivity index (χ2v) is 5.76. The first kappa shape index (κ1) is 15.2. The maximum Gasteiger partial charge on any atom is 0.409 e.